The topological polar surface area (TPSA) is 78.8 Å². The summed E-state index contributed by atoms with van der Waals surface area (Å²) < 4.78 is 25.0. The average molecular weight is 406 g/mol. The monoisotopic (exact) mass is 405 g/mol. The molecule has 0 radical (unpaired) electrons. The molecule has 1 heterocycles. The summed E-state index contributed by atoms with van der Waals surface area (Å²) in [4.78, 5) is 18.6. The van der Waals surface area contributed by atoms with Gasteiger partial charge in [0.05, 0.1) is 6.26 Å². The molecule has 1 aliphatic rings. The van der Waals surface area contributed by atoms with E-state index in [4.69, 9.17) is 0 Å². The molecule has 1 fully saturated rings. The Morgan fingerprint density at radius 2 is 2.07 bits per heavy atom. The molecule has 1 amide bonds. The van der Waals surface area contributed by atoms with Gasteiger partial charge in [0.15, 0.2) is 0 Å². The van der Waals surface area contributed by atoms with Gasteiger partial charge in [-0.1, -0.05) is 50.8 Å². The van der Waals surface area contributed by atoms with E-state index in [1.165, 1.54) is 5.56 Å². The molecule has 28 heavy (non-hydrogen) atoms. The Balaban J connectivity index is 2.16. The van der Waals surface area contributed by atoms with Crippen molar-refractivity contribution < 1.29 is 13.2 Å². The van der Waals surface area contributed by atoms with Gasteiger partial charge < -0.3 is 4.90 Å². The number of nitrogens with zero attached hydrogens (tertiary/aromatic N) is 2. The molecule has 1 aliphatic heterocycles. The van der Waals surface area contributed by atoms with E-state index in [1.54, 1.807) is 7.05 Å². The molecule has 0 bridgehead atoms. The van der Waals surface area contributed by atoms with Crippen LogP contribution in [-0.2, 0) is 20.2 Å². The number of sulfonamides is 1. The highest BCUT2D eigenvalue weighted by molar-refractivity contribution is 7.89. The molecule has 7 heteroatoms. The molecular weight excluding hydrogens is 374 g/mol. The summed E-state index contributed by atoms with van der Waals surface area (Å²) in [6.07, 6.45) is 5.11. The molecule has 6 nitrogen and oxygen atoms in total. The van der Waals surface area contributed by atoms with E-state index in [9.17, 15) is 13.2 Å². The van der Waals surface area contributed by atoms with Crippen LogP contribution in [0, 0.1) is 5.92 Å². The van der Waals surface area contributed by atoms with Gasteiger partial charge in [-0.25, -0.2) is 8.42 Å². The molecule has 0 unspecified atom stereocenters. The van der Waals surface area contributed by atoms with Crippen LogP contribution < -0.4 is 4.72 Å². The molecule has 1 saturated heterocycles. The van der Waals surface area contributed by atoms with Crippen molar-refractivity contribution in [1.29, 1.82) is 0 Å². The van der Waals surface area contributed by atoms with Gasteiger partial charge in [0, 0.05) is 30.9 Å². The molecule has 154 valence electrons. The molecule has 3 atom stereocenters. The van der Waals surface area contributed by atoms with Crippen molar-refractivity contribution >= 4 is 22.1 Å². The van der Waals surface area contributed by atoms with Crippen LogP contribution in [0.15, 0.2) is 47.6 Å². The molecule has 2 rings (SSSR count). The van der Waals surface area contributed by atoms with E-state index < -0.39 is 22.0 Å². The van der Waals surface area contributed by atoms with Crippen molar-refractivity contribution in [3.63, 3.8) is 0 Å². The van der Waals surface area contributed by atoms with Crippen LogP contribution >= 0.6 is 0 Å². The highest BCUT2D eigenvalue weighted by Crippen LogP contribution is 2.36. The normalized spacial score (nSPS) is 20.7. The molecule has 1 N–H and O–H groups in total. The fraction of sp³-hybridized carbons (Fsp3) is 0.524. The van der Waals surface area contributed by atoms with Crippen molar-refractivity contribution in [2.45, 2.75) is 44.6 Å². The predicted octanol–water partition coefficient (Wildman–Crippen LogP) is 2.73. The van der Waals surface area contributed by atoms with Gasteiger partial charge in [-0.3, -0.25) is 14.5 Å². The minimum atomic E-state index is -3.57. The highest BCUT2D eigenvalue weighted by atomic mass is 32.2. The van der Waals surface area contributed by atoms with E-state index in [1.807, 2.05) is 29.3 Å². The lowest BCUT2D eigenvalue weighted by Crippen LogP contribution is -2.45. The number of likely N-dealkylation sites (tertiary alicyclic amines) is 1. The molecular formula is C21H31N3O3S. The maximum Gasteiger partial charge on any atom is 0.256 e. The number of aliphatic imine (C=N–C) groups is 1. The first-order valence-electron chi connectivity index (χ1n) is 9.53. The number of carbonyl (C=O) groups is 1. The minimum absolute atomic E-state index is 0.185. The standard InChI is InChI=1S/C21H31N3O3S/c1-16(21(3,15-22-4)18-10-7-6-8-11-18)14-17(2)24-13-9-12-19(24)20(25)23-28(5,26)27/h6-8,10-11,15-16,19H,2,9,12-14H2,1,3-5H3,(H,23,25)/t16-,19+,21-/m1/s1. The minimum Gasteiger partial charge on any atom is -0.363 e. The van der Waals surface area contributed by atoms with Crippen LogP contribution in [0.25, 0.3) is 0 Å². The first kappa shape index (κ1) is 22.1. The quantitative estimate of drug-likeness (QED) is 0.675. The van der Waals surface area contributed by atoms with Gasteiger partial charge in [-0.05, 0) is 30.7 Å². The van der Waals surface area contributed by atoms with Crippen LogP contribution in [0.3, 0.4) is 0 Å². The Morgan fingerprint density at radius 3 is 2.64 bits per heavy atom. The second kappa shape index (κ2) is 8.90. The van der Waals surface area contributed by atoms with Gasteiger partial charge in [0.1, 0.15) is 6.04 Å². The van der Waals surface area contributed by atoms with Crippen molar-refractivity contribution in [3.05, 3.63) is 48.2 Å². The third-order valence-electron chi connectivity index (χ3n) is 5.61. The highest BCUT2D eigenvalue weighted by Gasteiger charge is 2.36. The zero-order chi connectivity index (χ0) is 20.9. The van der Waals surface area contributed by atoms with E-state index in [-0.39, 0.29) is 11.3 Å². The van der Waals surface area contributed by atoms with Gasteiger partial charge >= 0.3 is 0 Å². The SMILES string of the molecule is C=C(C[C@@H](C)[C@@](C)(C=NC)c1ccccc1)N1CCC[C@H]1C(=O)NS(C)(=O)=O. The third-order valence-corrected chi connectivity index (χ3v) is 6.18. The summed E-state index contributed by atoms with van der Waals surface area (Å²) in [5, 5.41) is 0. The van der Waals surface area contributed by atoms with E-state index in [0.717, 1.165) is 18.4 Å². The lowest BCUT2D eigenvalue weighted by Gasteiger charge is -2.36. The number of rotatable bonds is 8. The fourth-order valence-corrected chi connectivity index (χ4v) is 4.40. The zero-order valence-corrected chi connectivity index (χ0v) is 18.0. The average Bonchev–Trinajstić information content (AvgIpc) is 3.11. The number of hydrogen-bond donors (Lipinski definition) is 1. The number of allylic oxidation sites excluding steroid dienone is 1. The first-order valence-corrected chi connectivity index (χ1v) is 11.4. The van der Waals surface area contributed by atoms with Gasteiger partial charge in [-0.15, -0.1) is 0 Å². The molecule has 0 saturated carbocycles. The number of amides is 1. The smallest absolute Gasteiger partial charge is 0.256 e. The summed E-state index contributed by atoms with van der Waals surface area (Å²) in [6, 6.07) is 9.73. The number of hydrogen-bond acceptors (Lipinski definition) is 5. The molecule has 0 aromatic heterocycles. The largest absolute Gasteiger partial charge is 0.363 e. The van der Waals surface area contributed by atoms with Crippen LogP contribution in [-0.4, -0.2) is 51.3 Å². The second-order valence-electron chi connectivity index (χ2n) is 7.80. The molecule has 0 spiro atoms. The molecule has 1 aromatic rings. The first-order chi connectivity index (χ1) is 13.1. The Bertz CT molecular complexity index is 836. The second-order valence-corrected chi connectivity index (χ2v) is 9.55. The predicted molar refractivity (Wildman–Crippen MR) is 114 cm³/mol. The Labute approximate surface area is 168 Å². The van der Waals surface area contributed by atoms with Crippen LogP contribution in [0.1, 0.15) is 38.7 Å². The Hall–Kier alpha value is -2.15. The summed E-state index contributed by atoms with van der Waals surface area (Å²) in [5.41, 5.74) is 1.75. The van der Waals surface area contributed by atoms with E-state index in [2.05, 4.69) is 42.3 Å². The van der Waals surface area contributed by atoms with E-state index in [0.29, 0.717) is 19.4 Å². The zero-order valence-electron chi connectivity index (χ0n) is 17.2. The van der Waals surface area contributed by atoms with Crippen molar-refractivity contribution in [3.8, 4) is 0 Å². The molecule has 1 aromatic carbocycles. The maximum atomic E-state index is 12.4. The summed E-state index contributed by atoms with van der Waals surface area (Å²) >= 11 is 0. The maximum absolute atomic E-state index is 12.4. The summed E-state index contributed by atoms with van der Waals surface area (Å²) in [5.74, 6) is -0.292. The lowest BCUT2D eigenvalue weighted by molar-refractivity contribution is -0.123. The summed E-state index contributed by atoms with van der Waals surface area (Å²) in [7, 11) is -1.80. The van der Waals surface area contributed by atoms with Gasteiger partial charge in [-0.2, -0.15) is 0 Å². The summed E-state index contributed by atoms with van der Waals surface area (Å²) in [6.45, 7) is 9.24. The molecule has 0 aliphatic carbocycles. The van der Waals surface area contributed by atoms with E-state index >= 15 is 0 Å². The van der Waals surface area contributed by atoms with Crippen molar-refractivity contribution in [1.82, 2.24) is 9.62 Å². The van der Waals surface area contributed by atoms with Crippen LogP contribution in [0.2, 0.25) is 0 Å². The Kier molecular flexibility index (Phi) is 7.04. The lowest BCUT2D eigenvalue weighted by atomic mass is 9.71. The third kappa shape index (κ3) is 5.22. The number of benzene rings is 1. The van der Waals surface area contributed by atoms with Crippen LogP contribution in [0.4, 0.5) is 0 Å². The number of carbonyl (C=O) groups excluding carboxylic acids is 1. The van der Waals surface area contributed by atoms with Gasteiger partial charge in [0.2, 0.25) is 10.0 Å². The number of nitrogens with one attached hydrogen (secondary N) is 1. The van der Waals surface area contributed by atoms with Crippen molar-refractivity contribution in [2.75, 3.05) is 19.8 Å². The van der Waals surface area contributed by atoms with Crippen LogP contribution in [0.5, 0.6) is 0 Å². The van der Waals surface area contributed by atoms with Crippen molar-refractivity contribution in [2.24, 2.45) is 10.9 Å². The Morgan fingerprint density at radius 1 is 1.43 bits per heavy atom. The fourth-order valence-electron chi connectivity index (χ4n) is 3.90. The van der Waals surface area contributed by atoms with Gasteiger partial charge in [0.25, 0.3) is 5.91 Å².